The maximum Gasteiger partial charge on any atom is 0.304 e. The molecule has 0 aromatic heterocycles. The molecule has 0 unspecified atom stereocenters. The molecule has 8 nitrogen and oxygen atoms in total. The van der Waals surface area contributed by atoms with Gasteiger partial charge < -0.3 is 10.2 Å². The lowest BCUT2D eigenvalue weighted by Gasteiger charge is -2.34. The number of nitrogens with zero attached hydrogens (tertiary/aromatic N) is 3. The van der Waals surface area contributed by atoms with Crippen LogP contribution in [0.4, 0.5) is 10.1 Å². The van der Waals surface area contributed by atoms with Crippen LogP contribution in [0.1, 0.15) is 44.6 Å². The number of hydrogen-bond acceptors (Lipinski definition) is 4. The summed E-state index contributed by atoms with van der Waals surface area (Å²) >= 11 is 0. The smallest absolute Gasteiger partial charge is 0.304 e. The number of nitrogens with one attached hydrogen (secondary N) is 1. The Labute approximate surface area is 219 Å². The van der Waals surface area contributed by atoms with Crippen molar-refractivity contribution in [3.8, 4) is 0 Å². The van der Waals surface area contributed by atoms with Gasteiger partial charge in [0, 0.05) is 26.7 Å². The zero-order valence-corrected chi connectivity index (χ0v) is 22.6. The van der Waals surface area contributed by atoms with Gasteiger partial charge in [-0.25, -0.2) is 8.70 Å². The first-order valence-corrected chi connectivity index (χ1v) is 14.1. The number of amides is 2. The Morgan fingerprint density at radius 3 is 2.22 bits per heavy atom. The van der Waals surface area contributed by atoms with Gasteiger partial charge >= 0.3 is 10.2 Å². The summed E-state index contributed by atoms with van der Waals surface area (Å²) in [6.45, 7) is 1.57. The largest absolute Gasteiger partial charge is 0.352 e. The molecule has 0 bridgehead atoms. The van der Waals surface area contributed by atoms with Crippen molar-refractivity contribution in [2.24, 2.45) is 0 Å². The number of carbonyl (C=O) groups is 2. The van der Waals surface area contributed by atoms with Gasteiger partial charge in [0.2, 0.25) is 11.8 Å². The lowest BCUT2D eigenvalue weighted by Crippen LogP contribution is -2.55. The highest BCUT2D eigenvalue weighted by atomic mass is 32.2. The second kappa shape index (κ2) is 13.0. The summed E-state index contributed by atoms with van der Waals surface area (Å²) in [5.41, 5.74) is 1.16. The fraction of sp³-hybridized carbons (Fsp3) is 0.481. The van der Waals surface area contributed by atoms with Crippen LogP contribution in [0, 0.1) is 5.82 Å². The summed E-state index contributed by atoms with van der Waals surface area (Å²) in [4.78, 5) is 28.6. The molecule has 0 saturated heterocycles. The molecule has 3 rings (SSSR count). The van der Waals surface area contributed by atoms with Crippen LogP contribution in [-0.2, 0) is 26.2 Å². The van der Waals surface area contributed by atoms with Gasteiger partial charge in [-0.05, 0) is 55.5 Å². The van der Waals surface area contributed by atoms with Crippen molar-refractivity contribution in [3.05, 3.63) is 66.0 Å². The standard InChI is InChI=1S/C27H37FN4O4S/c1-4-25(27(34)29-23-12-8-9-13-23)31(19-18-21-10-6-5-7-11-21)26(33)20-32(37(35,36)30(2)3)24-16-14-22(28)15-17-24/h5-7,10-11,14-17,23,25H,4,8-9,12-13,18-20H2,1-3H3,(H,29,34)/t25-/m1/s1. The number of hydrogen-bond donors (Lipinski definition) is 1. The Bertz CT molecular complexity index is 1140. The zero-order chi connectivity index (χ0) is 27.0. The molecule has 1 aliphatic carbocycles. The van der Waals surface area contributed by atoms with Crippen LogP contribution in [-0.4, -0.2) is 68.7 Å². The fourth-order valence-corrected chi connectivity index (χ4v) is 5.64. The lowest BCUT2D eigenvalue weighted by atomic mass is 10.1. The molecule has 2 aromatic carbocycles. The van der Waals surface area contributed by atoms with Crippen LogP contribution < -0.4 is 9.62 Å². The lowest BCUT2D eigenvalue weighted by molar-refractivity contribution is -0.139. The minimum Gasteiger partial charge on any atom is -0.352 e. The third kappa shape index (κ3) is 7.52. The van der Waals surface area contributed by atoms with E-state index in [4.69, 9.17) is 0 Å². The number of benzene rings is 2. The maximum atomic E-state index is 13.8. The number of halogens is 1. The molecule has 202 valence electrons. The number of anilines is 1. The molecule has 1 aliphatic rings. The van der Waals surface area contributed by atoms with E-state index in [1.165, 1.54) is 31.1 Å². The molecule has 0 radical (unpaired) electrons. The first-order chi connectivity index (χ1) is 17.6. The highest BCUT2D eigenvalue weighted by molar-refractivity contribution is 7.90. The summed E-state index contributed by atoms with van der Waals surface area (Å²) in [5, 5.41) is 3.09. The van der Waals surface area contributed by atoms with Gasteiger partial charge in [-0.15, -0.1) is 0 Å². The molecule has 2 amide bonds. The molecule has 0 aliphatic heterocycles. The molecule has 0 spiro atoms. The zero-order valence-electron chi connectivity index (χ0n) is 21.8. The molecule has 1 fully saturated rings. The van der Waals surface area contributed by atoms with E-state index >= 15 is 0 Å². The monoisotopic (exact) mass is 532 g/mol. The van der Waals surface area contributed by atoms with Crippen molar-refractivity contribution in [2.75, 3.05) is 31.5 Å². The molecule has 1 N–H and O–H groups in total. The van der Waals surface area contributed by atoms with E-state index < -0.39 is 34.5 Å². The summed E-state index contributed by atoms with van der Waals surface area (Å²) in [6.07, 6.45) is 4.85. The van der Waals surface area contributed by atoms with E-state index in [0.29, 0.717) is 12.8 Å². The van der Waals surface area contributed by atoms with Crippen molar-refractivity contribution in [2.45, 2.75) is 57.5 Å². The Balaban J connectivity index is 1.90. The van der Waals surface area contributed by atoms with E-state index in [2.05, 4.69) is 5.32 Å². The maximum absolute atomic E-state index is 13.8. The second-order valence-corrected chi connectivity index (χ2v) is 11.6. The van der Waals surface area contributed by atoms with Gasteiger partial charge in [0.25, 0.3) is 0 Å². The molecule has 37 heavy (non-hydrogen) atoms. The second-order valence-electron chi connectivity index (χ2n) is 9.51. The van der Waals surface area contributed by atoms with Crippen molar-refractivity contribution in [1.29, 1.82) is 0 Å². The van der Waals surface area contributed by atoms with Crippen molar-refractivity contribution in [1.82, 2.24) is 14.5 Å². The Hall–Kier alpha value is -2.98. The molecule has 1 saturated carbocycles. The molecular weight excluding hydrogens is 495 g/mol. The quantitative estimate of drug-likeness (QED) is 0.454. The molecule has 10 heteroatoms. The Kier molecular flexibility index (Phi) is 10.0. The van der Waals surface area contributed by atoms with Crippen LogP contribution in [0.5, 0.6) is 0 Å². The van der Waals surface area contributed by atoms with Gasteiger partial charge in [0.05, 0.1) is 5.69 Å². The third-order valence-corrected chi connectivity index (χ3v) is 8.52. The molecule has 2 aromatic rings. The average molecular weight is 533 g/mol. The molecule has 0 heterocycles. The van der Waals surface area contributed by atoms with Crippen molar-refractivity contribution >= 4 is 27.7 Å². The van der Waals surface area contributed by atoms with E-state index in [0.717, 1.165) is 52.0 Å². The minimum absolute atomic E-state index is 0.0949. The fourth-order valence-electron chi connectivity index (χ4n) is 4.59. The predicted molar refractivity (Wildman–Crippen MR) is 143 cm³/mol. The predicted octanol–water partition coefficient (Wildman–Crippen LogP) is 3.35. The van der Waals surface area contributed by atoms with E-state index in [9.17, 15) is 22.4 Å². The first kappa shape index (κ1) is 28.6. The third-order valence-electron chi connectivity index (χ3n) is 6.71. The summed E-state index contributed by atoms with van der Waals surface area (Å²) in [6, 6.07) is 13.9. The normalized spacial score (nSPS) is 14.9. The molecule has 1 atom stereocenters. The van der Waals surface area contributed by atoms with Crippen LogP contribution >= 0.6 is 0 Å². The van der Waals surface area contributed by atoms with Crippen molar-refractivity contribution < 1.29 is 22.4 Å². The summed E-state index contributed by atoms with van der Waals surface area (Å²) in [7, 11) is -1.34. The van der Waals surface area contributed by atoms with Gasteiger partial charge in [-0.3, -0.25) is 9.59 Å². The van der Waals surface area contributed by atoms with E-state index in [-0.39, 0.29) is 24.2 Å². The van der Waals surface area contributed by atoms with Gasteiger partial charge in [-0.1, -0.05) is 50.1 Å². The van der Waals surface area contributed by atoms with Gasteiger partial charge in [-0.2, -0.15) is 12.7 Å². The van der Waals surface area contributed by atoms with Crippen LogP contribution in [0.25, 0.3) is 0 Å². The van der Waals surface area contributed by atoms with Crippen LogP contribution in [0.15, 0.2) is 54.6 Å². The van der Waals surface area contributed by atoms with Gasteiger partial charge in [0.1, 0.15) is 18.4 Å². The number of rotatable bonds is 12. The van der Waals surface area contributed by atoms with Crippen LogP contribution in [0.2, 0.25) is 0 Å². The number of carbonyl (C=O) groups excluding carboxylic acids is 2. The van der Waals surface area contributed by atoms with E-state index in [1.54, 1.807) is 0 Å². The van der Waals surface area contributed by atoms with Gasteiger partial charge in [0.15, 0.2) is 0 Å². The van der Waals surface area contributed by atoms with Crippen LogP contribution in [0.3, 0.4) is 0 Å². The first-order valence-electron chi connectivity index (χ1n) is 12.7. The summed E-state index contributed by atoms with van der Waals surface area (Å²) < 4.78 is 41.8. The Morgan fingerprint density at radius 1 is 1.03 bits per heavy atom. The topological polar surface area (TPSA) is 90.0 Å². The summed E-state index contributed by atoms with van der Waals surface area (Å²) in [5.74, 6) is -1.24. The SMILES string of the molecule is CC[C@H](C(=O)NC1CCCC1)N(CCc1ccccc1)C(=O)CN(c1ccc(F)cc1)S(=O)(=O)N(C)C. The Morgan fingerprint density at radius 2 is 1.65 bits per heavy atom. The highest BCUT2D eigenvalue weighted by Gasteiger charge is 2.34. The van der Waals surface area contributed by atoms with E-state index in [1.807, 2.05) is 37.3 Å². The minimum atomic E-state index is -4.08. The molecular formula is C27H37FN4O4S. The highest BCUT2D eigenvalue weighted by Crippen LogP contribution is 2.22. The average Bonchev–Trinajstić information content (AvgIpc) is 3.39. The van der Waals surface area contributed by atoms with Crippen molar-refractivity contribution in [3.63, 3.8) is 0 Å².